The lowest BCUT2D eigenvalue weighted by molar-refractivity contribution is 0.0636. The van der Waals surface area contributed by atoms with E-state index in [-0.39, 0.29) is 22.9 Å². The van der Waals surface area contributed by atoms with E-state index in [1.807, 2.05) is 24.0 Å². The zero-order valence-corrected chi connectivity index (χ0v) is 20.5. The molecule has 2 aromatic carbocycles. The minimum atomic E-state index is -3.84. The van der Waals surface area contributed by atoms with Crippen LogP contribution in [0.25, 0.3) is 0 Å². The minimum absolute atomic E-state index is 0.0406. The van der Waals surface area contributed by atoms with E-state index in [2.05, 4.69) is 0 Å². The molecular weight excluding hydrogens is 455 g/mol. The molecule has 0 spiro atoms. The van der Waals surface area contributed by atoms with E-state index in [1.165, 1.54) is 24.3 Å². The maximum Gasteiger partial charge on any atom is 0.257 e. The Hall–Kier alpha value is -2.45. The van der Waals surface area contributed by atoms with Crippen LogP contribution in [0.4, 0.5) is 4.39 Å². The Kier molecular flexibility index (Phi) is 7.88. The van der Waals surface area contributed by atoms with Crippen molar-refractivity contribution in [3.05, 3.63) is 59.9 Å². The lowest BCUT2D eigenvalue weighted by Gasteiger charge is -2.40. The number of carbonyl (C=O) groups excluding carboxylic acids is 1. The summed E-state index contributed by atoms with van der Waals surface area (Å²) in [5.41, 5.74) is 0.522. The van der Waals surface area contributed by atoms with E-state index < -0.39 is 15.8 Å². The molecule has 0 N–H and O–H groups in total. The first-order chi connectivity index (χ1) is 16.4. The van der Waals surface area contributed by atoms with Crippen molar-refractivity contribution in [3.8, 4) is 5.75 Å². The molecule has 0 radical (unpaired) electrons. The minimum Gasteiger partial charge on any atom is -0.488 e. The second kappa shape index (κ2) is 10.9. The third-order valence-corrected chi connectivity index (χ3v) is 8.63. The molecule has 0 bridgehead atoms. The molecule has 0 saturated heterocycles. The predicted octanol–water partition coefficient (Wildman–Crippen LogP) is 4.85. The number of hydrogen-bond acceptors (Lipinski definition) is 4. The zero-order valence-electron chi connectivity index (χ0n) is 19.7. The largest absolute Gasteiger partial charge is 0.488 e. The van der Waals surface area contributed by atoms with Crippen LogP contribution in [0.15, 0.2) is 53.4 Å². The van der Waals surface area contributed by atoms with Crippen LogP contribution in [0.1, 0.15) is 62.2 Å². The number of rotatable bonds is 4. The highest BCUT2D eigenvalue weighted by atomic mass is 32.2. The van der Waals surface area contributed by atoms with E-state index in [9.17, 15) is 17.6 Å². The molecule has 1 heterocycles. The van der Waals surface area contributed by atoms with Crippen LogP contribution in [-0.4, -0.2) is 55.3 Å². The molecule has 1 fully saturated rings. The van der Waals surface area contributed by atoms with Crippen molar-refractivity contribution in [2.45, 2.75) is 68.9 Å². The Morgan fingerprint density at radius 2 is 1.68 bits per heavy atom. The molecule has 34 heavy (non-hydrogen) atoms. The summed E-state index contributed by atoms with van der Waals surface area (Å²) in [5, 5.41) is 0. The van der Waals surface area contributed by atoms with E-state index in [0.717, 1.165) is 19.3 Å². The number of carbonyl (C=O) groups is 1. The smallest absolute Gasteiger partial charge is 0.257 e. The Morgan fingerprint density at radius 1 is 0.971 bits per heavy atom. The molecule has 1 amide bonds. The Balaban J connectivity index is 1.73. The third kappa shape index (κ3) is 5.28. The van der Waals surface area contributed by atoms with E-state index in [4.69, 9.17) is 4.74 Å². The van der Waals surface area contributed by atoms with Gasteiger partial charge in [0.1, 0.15) is 17.7 Å². The average molecular weight is 489 g/mol. The summed E-state index contributed by atoms with van der Waals surface area (Å²) in [7, 11) is -3.84. The molecule has 8 heteroatoms. The molecule has 2 aliphatic rings. The maximum absolute atomic E-state index is 13.7. The molecule has 0 unspecified atom stereocenters. The topological polar surface area (TPSA) is 66.9 Å². The SMILES string of the molecule is CCCN1CCCCN(S(=O)(=O)c2ccc(F)cc2)[C@@H]2CCCC[C@@H]2Oc2ccccc2C1=O. The number of fused-ring (bicyclic) bond motifs is 2. The van der Waals surface area contributed by atoms with Crippen molar-refractivity contribution in [3.63, 3.8) is 0 Å². The molecule has 2 atom stereocenters. The molecular formula is C26H33FN2O4S. The van der Waals surface area contributed by atoms with E-state index in [1.54, 1.807) is 16.4 Å². The van der Waals surface area contributed by atoms with Gasteiger partial charge in [0.25, 0.3) is 5.91 Å². The summed E-state index contributed by atoms with van der Waals surface area (Å²) < 4.78 is 48.9. The maximum atomic E-state index is 13.7. The van der Waals surface area contributed by atoms with Crippen molar-refractivity contribution in [2.75, 3.05) is 19.6 Å². The second-order valence-electron chi connectivity index (χ2n) is 9.07. The number of halogens is 1. The van der Waals surface area contributed by atoms with Gasteiger partial charge in [-0.1, -0.05) is 25.5 Å². The molecule has 2 aromatic rings. The van der Waals surface area contributed by atoms with Gasteiger partial charge in [0.15, 0.2) is 0 Å². The van der Waals surface area contributed by atoms with Crippen molar-refractivity contribution in [1.29, 1.82) is 0 Å². The van der Waals surface area contributed by atoms with Gasteiger partial charge in [-0.15, -0.1) is 0 Å². The monoisotopic (exact) mass is 488 g/mol. The number of ether oxygens (including phenoxy) is 1. The summed E-state index contributed by atoms with van der Waals surface area (Å²) in [5.74, 6) is -0.00446. The van der Waals surface area contributed by atoms with Gasteiger partial charge in [-0.05, 0) is 74.9 Å². The Bertz CT molecular complexity index is 1090. The quantitative estimate of drug-likeness (QED) is 0.617. The first-order valence-corrected chi connectivity index (χ1v) is 13.7. The van der Waals surface area contributed by atoms with Crippen molar-refractivity contribution in [1.82, 2.24) is 9.21 Å². The van der Waals surface area contributed by atoms with E-state index >= 15 is 0 Å². The van der Waals surface area contributed by atoms with Crippen LogP contribution in [0, 0.1) is 5.82 Å². The predicted molar refractivity (Wildman–Crippen MR) is 129 cm³/mol. The van der Waals surface area contributed by atoms with Gasteiger partial charge in [0.05, 0.1) is 16.5 Å². The zero-order chi connectivity index (χ0) is 24.1. The van der Waals surface area contributed by atoms with Gasteiger partial charge < -0.3 is 9.64 Å². The molecule has 0 aromatic heterocycles. The first kappa shape index (κ1) is 24.7. The van der Waals surface area contributed by atoms with Gasteiger partial charge in [0, 0.05) is 19.6 Å². The van der Waals surface area contributed by atoms with Crippen molar-refractivity contribution < 1.29 is 22.3 Å². The fourth-order valence-corrected chi connectivity index (χ4v) is 6.70. The lowest BCUT2D eigenvalue weighted by Crippen LogP contribution is -2.51. The fourth-order valence-electron chi connectivity index (χ4n) is 4.99. The van der Waals surface area contributed by atoms with Crippen LogP contribution in [0.5, 0.6) is 5.75 Å². The Labute approximate surface area is 201 Å². The van der Waals surface area contributed by atoms with Crippen LogP contribution in [-0.2, 0) is 10.0 Å². The lowest BCUT2D eigenvalue weighted by atomic mass is 9.92. The molecule has 6 nitrogen and oxygen atoms in total. The molecule has 1 aliphatic carbocycles. The van der Waals surface area contributed by atoms with Crippen LogP contribution in [0.2, 0.25) is 0 Å². The second-order valence-corrected chi connectivity index (χ2v) is 11.0. The normalized spacial score (nSPS) is 22.6. The van der Waals surface area contributed by atoms with Crippen molar-refractivity contribution in [2.24, 2.45) is 0 Å². The Morgan fingerprint density at radius 3 is 2.44 bits per heavy atom. The van der Waals surface area contributed by atoms with Crippen LogP contribution >= 0.6 is 0 Å². The first-order valence-electron chi connectivity index (χ1n) is 12.2. The molecule has 4 rings (SSSR count). The van der Waals surface area contributed by atoms with E-state index in [0.29, 0.717) is 56.6 Å². The highest BCUT2D eigenvalue weighted by molar-refractivity contribution is 7.89. The standard InChI is InChI=1S/C26H33FN2O4S/c1-2-17-28-18-7-8-19-29(34(31,32)21-15-13-20(27)14-16-21)23-10-4-6-12-25(23)33-24-11-5-3-9-22(24)26(28)30/h3,5,9,11,13-16,23,25H,2,4,6-8,10,12,17-19H2,1H3/t23-,25+/m1/s1. The third-order valence-electron chi connectivity index (χ3n) is 6.69. The summed E-state index contributed by atoms with van der Waals surface area (Å²) in [4.78, 5) is 15.3. The fraction of sp³-hybridized carbons (Fsp3) is 0.500. The molecule has 184 valence electrons. The number of sulfonamides is 1. The summed E-state index contributed by atoms with van der Waals surface area (Å²) in [6.45, 7) is 3.56. The van der Waals surface area contributed by atoms with Gasteiger partial charge in [0.2, 0.25) is 10.0 Å². The number of amides is 1. The number of benzene rings is 2. The van der Waals surface area contributed by atoms with Crippen LogP contribution in [0.3, 0.4) is 0 Å². The molecule has 1 saturated carbocycles. The van der Waals surface area contributed by atoms with Crippen molar-refractivity contribution >= 4 is 15.9 Å². The summed E-state index contributed by atoms with van der Waals surface area (Å²) >= 11 is 0. The van der Waals surface area contributed by atoms with Gasteiger partial charge in [-0.25, -0.2) is 12.8 Å². The molecule has 1 aliphatic heterocycles. The highest BCUT2D eigenvalue weighted by Crippen LogP contribution is 2.33. The summed E-state index contributed by atoms with van der Waals surface area (Å²) in [6.07, 6.45) is 5.03. The average Bonchev–Trinajstić information content (AvgIpc) is 2.83. The number of hydrogen-bond donors (Lipinski definition) is 0. The number of para-hydroxylation sites is 1. The summed E-state index contributed by atoms with van der Waals surface area (Å²) in [6, 6.07) is 11.9. The number of nitrogens with zero attached hydrogens (tertiary/aromatic N) is 2. The van der Waals surface area contributed by atoms with Gasteiger partial charge >= 0.3 is 0 Å². The van der Waals surface area contributed by atoms with Crippen LogP contribution < -0.4 is 4.74 Å². The van der Waals surface area contributed by atoms with Gasteiger partial charge in [-0.3, -0.25) is 4.79 Å². The van der Waals surface area contributed by atoms with Gasteiger partial charge in [-0.2, -0.15) is 4.31 Å². The highest BCUT2D eigenvalue weighted by Gasteiger charge is 2.39.